The smallest absolute Gasteiger partial charge is 0.0182 e. The van der Waals surface area contributed by atoms with Gasteiger partial charge >= 0.3 is 0 Å². The van der Waals surface area contributed by atoms with Gasteiger partial charge in [0.2, 0.25) is 0 Å². The first-order valence-corrected chi connectivity index (χ1v) is 13.0. The second-order valence-corrected chi connectivity index (χ2v) is 12.8. The van der Waals surface area contributed by atoms with Crippen molar-refractivity contribution in [1.29, 1.82) is 0 Å². The van der Waals surface area contributed by atoms with Crippen LogP contribution in [0.5, 0.6) is 0 Å². The van der Waals surface area contributed by atoms with Gasteiger partial charge in [-0.2, -0.15) is 0 Å². The van der Waals surface area contributed by atoms with Gasteiger partial charge < -0.3 is 9.80 Å². The summed E-state index contributed by atoms with van der Waals surface area (Å²) in [5.74, 6) is 1.68. The molecular weight excluding hydrogens is 366 g/mol. The molecule has 0 unspecified atom stereocenters. The number of hydrogen-bond acceptors (Lipinski definition) is 3. The van der Waals surface area contributed by atoms with Crippen molar-refractivity contribution in [2.24, 2.45) is 22.7 Å². The van der Waals surface area contributed by atoms with Gasteiger partial charge in [-0.3, -0.25) is 4.90 Å². The normalized spacial score (nSPS) is 22.9. The fraction of sp³-hybridized carbons (Fsp3) is 1.00. The van der Waals surface area contributed by atoms with E-state index < -0.39 is 0 Å². The average molecular weight is 422 g/mol. The van der Waals surface area contributed by atoms with E-state index in [0.717, 1.165) is 11.8 Å². The summed E-state index contributed by atoms with van der Waals surface area (Å²) in [6.45, 7) is 25.0. The SMILES string of the molecule is CC(C)CCCN(C)CCC(C)(C)C1(C)CCN(C(C)(C)C2CCN(C)CC2)CC1. The van der Waals surface area contributed by atoms with E-state index >= 15 is 0 Å². The second-order valence-electron chi connectivity index (χ2n) is 12.8. The van der Waals surface area contributed by atoms with Crippen LogP contribution in [0.1, 0.15) is 93.4 Å². The second kappa shape index (κ2) is 10.7. The molecule has 178 valence electrons. The first-order valence-electron chi connectivity index (χ1n) is 13.0. The lowest BCUT2D eigenvalue weighted by Gasteiger charge is -2.55. The monoisotopic (exact) mass is 421 g/mol. The Hall–Kier alpha value is -0.120. The van der Waals surface area contributed by atoms with Crippen LogP contribution in [0, 0.1) is 22.7 Å². The Bertz CT molecular complexity index is 494. The van der Waals surface area contributed by atoms with Crippen LogP contribution in [-0.4, -0.2) is 73.6 Å². The predicted octanol–water partition coefficient (Wildman–Crippen LogP) is 5.99. The van der Waals surface area contributed by atoms with Crippen molar-refractivity contribution in [2.45, 2.75) is 99.0 Å². The molecule has 3 nitrogen and oxygen atoms in total. The summed E-state index contributed by atoms with van der Waals surface area (Å²) in [6.07, 6.45) is 9.46. The van der Waals surface area contributed by atoms with E-state index in [2.05, 4.69) is 77.3 Å². The summed E-state index contributed by atoms with van der Waals surface area (Å²) < 4.78 is 0. The molecule has 3 heteroatoms. The van der Waals surface area contributed by atoms with E-state index in [-0.39, 0.29) is 0 Å². The maximum atomic E-state index is 2.85. The summed E-state index contributed by atoms with van der Waals surface area (Å²) in [5.41, 5.74) is 1.22. The molecule has 0 amide bonds. The van der Waals surface area contributed by atoms with Gasteiger partial charge in [0.1, 0.15) is 0 Å². The van der Waals surface area contributed by atoms with Gasteiger partial charge in [-0.15, -0.1) is 0 Å². The van der Waals surface area contributed by atoms with Crippen molar-refractivity contribution in [1.82, 2.24) is 14.7 Å². The first kappa shape index (κ1) is 26.1. The van der Waals surface area contributed by atoms with E-state index in [4.69, 9.17) is 0 Å². The highest BCUT2D eigenvalue weighted by Crippen LogP contribution is 2.50. The van der Waals surface area contributed by atoms with Crippen LogP contribution in [-0.2, 0) is 0 Å². The molecule has 0 aromatic carbocycles. The largest absolute Gasteiger partial charge is 0.306 e. The van der Waals surface area contributed by atoms with Crippen LogP contribution in [0.25, 0.3) is 0 Å². The minimum atomic E-state index is 0.351. The van der Waals surface area contributed by atoms with Crippen molar-refractivity contribution in [3.63, 3.8) is 0 Å². The Balaban J connectivity index is 1.84. The van der Waals surface area contributed by atoms with Gasteiger partial charge in [0.05, 0.1) is 0 Å². The van der Waals surface area contributed by atoms with E-state index in [0.29, 0.717) is 16.4 Å². The Morgan fingerprint density at radius 3 is 2.07 bits per heavy atom. The molecule has 0 aliphatic carbocycles. The zero-order valence-electron chi connectivity index (χ0n) is 22.2. The van der Waals surface area contributed by atoms with Crippen LogP contribution in [0.15, 0.2) is 0 Å². The van der Waals surface area contributed by atoms with Gasteiger partial charge in [0, 0.05) is 5.54 Å². The summed E-state index contributed by atoms with van der Waals surface area (Å²) in [4.78, 5) is 7.92. The molecule has 0 N–H and O–H groups in total. The Labute approximate surface area is 189 Å². The van der Waals surface area contributed by atoms with Crippen LogP contribution < -0.4 is 0 Å². The van der Waals surface area contributed by atoms with Gasteiger partial charge in [-0.1, -0.05) is 34.6 Å². The van der Waals surface area contributed by atoms with Crippen LogP contribution >= 0.6 is 0 Å². The fourth-order valence-electron chi connectivity index (χ4n) is 5.88. The minimum Gasteiger partial charge on any atom is -0.306 e. The van der Waals surface area contributed by atoms with E-state index in [1.54, 1.807) is 0 Å². The molecule has 2 heterocycles. The van der Waals surface area contributed by atoms with Crippen LogP contribution in [0.4, 0.5) is 0 Å². The highest BCUT2D eigenvalue weighted by Gasteiger charge is 2.46. The van der Waals surface area contributed by atoms with E-state index in [1.165, 1.54) is 84.2 Å². The Kier molecular flexibility index (Phi) is 9.29. The number of likely N-dealkylation sites (tertiary alicyclic amines) is 2. The molecule has 0 bridgehead atoms. The van der Waals surface area contributed by atoms with Gasteiger partial charge in [0.25, 0.3) is 0 Å². The van der Waals surface area contributed by atoms with Gasteiger partial charge in [0.15, 0.2) is 0 Å². The molecule has 2 rings (SSSR count). The van der Waals surface area contributed by atoms with Crippen molar-refractivity contribution in [3.8, 4) is 0 Å². The number of hydrogen-bond donors (Lipinski definition) is 0. The molecule has 0 aromatic rings. The third kappa shape index (κ3) is 6.69. The molecule has 2 fully saturated rings. The lowest BCUT2D eigenvalue weighted by molar-refractivity contribution is -0.0509. The van der Waals surface area contributed by atoms with Crippen LogP contribution in [0.3, 0.4) is 0 Å². The van der Waals surface area contributed by atoms with Crippen molar-refractivity contribution >= 4 is 0 Å². The third-order valence-electron chi connectivity index (χ3n) is 9.47. The highest BCUT2D eigenvalue weighted by atomic mass is 15.2. The summed E-state index contributed by atoms with van der Waals surface area (Å²) in [7, 11) is 4.60. The molecular formula is C27H55N3. The van der Waals surface area contributed by atoms with Crippen molar-refractivity contribution in [3.05, 3.63) is 0 Å². The van der Waals surface area contributed by atoms with Crippen molar-refractivity contribution < 1.29 is 0 Å². The van der Waals surface area contributed by atoms with Crippen LogP contribution in [0.2, 0.25) is 0 Å². The standard InChI is InChI=1S/C27H55N3/c1-23(2)11-10-17-28(8)20-14-25(3,4)27(7)15-21-30(22-16-27)26(5,6)24-12-18-29(9)19-13-24/h23-24H,10-22H2,1-9H3. The highest BCUT2D eigenvalue weighted by molar-refractivity contribution is 4.99. The number of nitrogens with zero attached hydrogens (tertiary/aromatic N) is 3. The third-order valence-corrected chi connectivity index (χ3v) is 9.47. The molecule has 2 saturated heterocycles. The maximum Gasteiger partial charge on any atom is 0.0182 e. The molecule has 0 saturated carbocycles. The average Bonchev–Trinajstić information content (AvgIpc) is 2.67. The predicted molar refractivity (Wildman–Crippen MR) is 133 cm³/mol. The minimum absolute atomic E-state index is 0.351. The van der Waals surface area contributed by atoms with Gasteiger partial charge in [-0.25, -0.2) is 0 Å². The lowest BCUT2D eigenvalue weighted by Crippen LogP contribution is -2.57. The molecule has 30 heavy (non-hydrogen) atoms. The zero-order valence-corrected chi connectivity index (χ0v) is 22.2. The maximum absolute atomic E-state index is 2.85. The molecule has 0 atom stereocenters. The number of rotatable bonds is 10. The summed E-state index contributed by atoms with van der Waals surface area (Å²) >= 11 is 0. The molecule has 0 spiro atoms. The molecule has 0 radical (unpaired) electrons. The zero-order chi connectivity index (χ0) is 22.6. The van der Waals surface area contributed by atoms with Crippen molar-refractivity contribution in [2.75, 3.05) is 53.4 Å². The number of piperidine rings is 2. The van der Waals surface area contributed by atoms with E-state index in [1.807, 2.05) is 0 Å². The fourth-order valence-corrected chi connectivity index (χ4v) is 5.88. The summed E-state index contributed by atoms with van der Waals surface area (Å²) in [6, 6.07) is 0. The Morgan fingerprint density at radius 2 is 1.53 bits per heavy atom. The lowest BCUT2D eigenvalue weighted by atomic mass is 9.60. The molecule has 2 aliphatic heterocycles. The van der Waals surface area contributed by atoms with Gasteiger partial charge in [-0.05, 0) is 135 Å². The molecule has 0 aromatic heterocycles. The Morgan fingerprint density at radius 1 is 0.967 bits per heavy atom. The summed E-state index contributed by atoms with van der Waals surface area (Å²) in [5, 5.41) is 0. The topological polar surface area (TPSA) is 9.72 Å². The first-order chi connectivity index (χ1) is 13.9. The quantitative estimate of drug-likeness (QED) is 0.429. The van der Waals surface area contributed by atoms with E-state index in [9.17, 15) is 0 Å². The molecule has 2 aliphatic rings.